The quantitative estimate of drug-likeness (QED) is 0.220. The van der Waals surface area contributed by atoms with Gasteiger partial charge in [-0.1, -0.05) is 42.5 Å². The fraction of sp³-hybridized carbons (Fsp3) is 0.276. The van der Waals surface area contributed by atoms with Gasteiger partial charge in [0.15, 0.2) is 11.6 Å². The highest BCUT2D eigenvalue weighted by molar-refractivity contribution is 5.90. The van der Waals surface area contributed by atoms with E-state index in [0.717, 1.165) is 28.8 Å². The van der Waals surface area contributed by atoms with Gasteiger partial charge < -0.3 is 31.5 Å². The summed E-state index contributed by atoms with van der Waals surface area (Å²) < 4.78 is 32.7. The van der Waals surface area contributed by atoms with Crippen molar-refractivity contribution < 1.29 is 33.0 Å². The highest BCUT2D eigenvalue weighted by Gasteiger charge is 2.25. The standard InChI is InChI=1S/C29H32F2N4O5/c1-2-40-22-10-7-18(8-11-22)14-25(32)27(36)35-26(15-21-9-12-23(30)24(31)13-21)28(37)33-16-19-3-5-20(6-4-19)17-34-29(38)39/h3-13,25-26,34H,2,14-17,32H2,1H3,(H,33,37)(H,35,36)(H,38,39)/t25-,26+/m1/s1. The molecular weight excluding hydrogens is 522 g/mol. The van der Waals surface area contributed by atoms with Crippen molar-refractivity contribution in [1.29, 1.82) is 0 Å². The number of amides is 3. The number of ether oxygens (including phenoxy) is 1. The average Bonchev–Trinajstić information content (AvgIpc) is 2.93. The first kappa shape index (κ1) is 30.0. The van der Waals surface area contributed by atoms with Crippen molar-refractivity contribution in [3.63, 3.8) is 0 Å². The van der Waals surface area contributed by atoms with Gasteiger partial charge in [0.2, 0.25) is 11.8 Å². The van der Waals surface area contributed by atoms with E-state index < -0.39 is 41.6 Å². The molecule has 0 spiro atoms. The summed E-state index contributed by atoms with van der Waals surface area (Å²) in [4.78, 5) is 36.7. The lowest BCUT2D eigenvalue weighted by atomic mass is 10.0. The fourth-order valence-corrected chi connectivity index (χ4v) is 3.89. The molecule has 3 rings (SSSR count). The summed E-state index contributed by atoms with van der Waals surface area (Å²) in [6.07, 6.45) is -1.02. The zero-order valence-electron chi connectivity index (χ0n) is 22.0. The van der Waals surface area contributed by atoms with E-state index in [2.05, 4.69) is 16.0 Å². The number of hydrogen-bond donors (Lipinski definition) is 5. The first-order valence-electron chi connectivity index (χ1n) is 12.7. The molecule has 0 aliphatic heterocycles. The van der Waals surface area contributed by atoms with Crippen LogP contribution in [0, 0.1) is 11.6 Å². The molecule has 0 aromatic heterocycles. The maximum absolute atomic E-state index is 13.8. The van der Waals surface area contributed by atoms with Crippen LogP contribution in [0.2, 0.25) is 0 Å². The van der Waals surface area contributed by atoms with Crippen LogP contribution in [0.3, 0.4) is 0 Å². The molecule has 0 saturated heterocycles. The Balaban J connectivity index is 1.66. The molecule has 0 heterocycles. The molecule has 3 amide bonds. The zero-order valence-corrected chi connectivity index (χ0v) is 22.0. The second kappa shape index (κ2) is 14.6. The molecule has 6 N–H and O–H groups in total. The van der Waals surface area contributed by atoms with Crippen molar-refractivity contribution in [2.24, 2.45) is 5.73 Å². The minimum atomic E-state index is -1.13. The Morgan fingerprint density at radius 2 is 1.38 bits per heavy atom. The molecule has 0 aliphatic carbocycles. The van der Waals surface area contributed by atoms with Crippen LogP contribution in [0.25, 0.3) is 0 Å². The van der Waals surface area contributed by atoms with E-state index in [1.165, 1.54) is 6.07 Å². The van der Waals surface area contributed by atoms with Crippen molar-refractivity contribution in [2.75, 3.05) is 6.61 Å². The van der Waals surface area contributed by atoms with E-state index in [-0.39, 0.29) is 25.9 Å². The second-order valence-electron chi connectivity index (χ2n) is 9.09. The van der Waals surface area contributed by atoms with E-state index in [1.54, 1.807) is 48.5 Å². The summed E-state index contributed by atoms with van der Waals surface area (Å²) in [5, 5.41) is 16.4. The zero-order chi connectivity index (χ0) is 29.1. The molecule has 0 unspecified atom stereocenters. The number of rotatable bonds is 13. The van der Waals surface area contributed by atoms with Crippen molar-refractivity contribution in [3.05, 3.63) is 101 Å². The number of hydrogen-bond acceptors (Lipinski definition) is 5. The van der Waals surface area contributed by atoms with Crippen LogP contribution in [-0.2, 0) is 35.5 Å². The third kappa shape index (κ3) is 9.35. The third-order valence-corrected chi connectivity index (χ3v) is 6.02. The van der Waals surface area contributed by atoms with Crippen LogP contribution in [-0.4, -0.2) is 41.7 Å². The Bertz CT molecular complexity index is 1300. The highest BCUT2D eigenvalue weighted by Crippen LogP contribution is 2.14. The molecule has 2 atom stereocenters. The van der Waals surface area contributed by atoms with Gasteiger partial charge in [-0.05, 0) is 59.9 Å². The molecule has 0 radical (unpaired) electrons. The first-order valence-corrected chi connectivity index (χ1v) is 12.7. The molecular formula is C29H32F2N4O5. The summed E-state index contributed by atoms with van der Waals surface area (Å²) in [6.45, 7) is 2.66. The van der Waals surface area contributed by atoms with E-state index in [9.17, 15) is 23.2 Å². The highest BCUT2D eigenvalue weighted by atomic mass is 19.2. The summed E-state index contributed by atoms with van der Waals surface area (Å²) in [6, 6.07) is 15.3. The lowest BCUT2D eigenvalue weighted by Crippen LogP contribution is -2.53. The van der Waals surface area contributed by atoms with Gasteiger partial charge in [-0.25, -0.2) is 13.6 Å². The molecule has 40 heavy (non-hydrogen) atoms. The Hall–Kier alpha value is -4.51. The molecule has 3 aromatic rings. The molecule has 212 valence electrons. The Morgan fingerprint density at radius 3 is 1.95 bits per heavy atom. The van der Waals surface area contributed by atoms with E-state index in [4.69, 9.17) is 15.6 Å². The number of carbonyl (C=O) groups is 3. The maximum Gasteiger partial charge on any atom is 0.404 e. The van der Waals surface area contributed by atoms with Crippen LogP contribution < -0.4 is 26.4 Å². The van der Waals surface area contributed by atoms with E-state index in [0.29, 0.717) is 17.9 Å². The molecule has 0 aliphatic rings. The molecule has 11 heteroatoms. The average molecular weight is 555 g/mol. The van der Waals surface area contributed by atoms with Crippen LogP contribution in [0.15, 0.2) is 66.7 Å². The molecule has 0 bridgehead atoms. The largest absolute Gasteiger partial charge is 0.494 e. The van der Waals surface area contributed by atoms with E-state index >= 15 is 0 Å². The van der Waals surface area contributed by atoms with Crippen molar-refractivity contribution in [1.82, 2.24) is 16.0 Å². The molecule has 0 saturated carbocycles. The van der Waals surface area contributed by atoms with Crippen LogP contribution >= 0.6 is 0 Å². The minimum Gasteiger partial charge on any atom is -0.494 e. The number of benzene rings is 3. The lowest BCUT2D eigenvalue weighted by molar-refractivity contribution is -0.129. The van der Waals surface area contributed by atoms with Gasteiger partial charge in [-0.3, -0.25) is 9.59 Å². The lowest BCUT2D eigenvalue weighted by Gasteiger charge is -2.21. The predicted molar refractivity (Wildman–Crippen MR) is 144 cm³/mol. The topological polar surface area (TPSA) is 143 Å². The normalized spacial score (nSPS) is 12.2. The molecule has 3 aromatic carbocycles. The fourth-order valence-electron chi connectivity index (χ4n) is 3.89. The van der Waals surface area contributed by atoms with Crippen LogP contribution in [0.4, 0.5) is 13.6 Å². The summed E-state index contributed by atoms with van der Waals surface area (Å²) in [5.41, 5.74) is 8.72. The number of carboxylic acid groups (broad SMARTS) is 1. The van der Waals surface area contributed by atoms with Gasteiger partial charge >= 0.3 is 6.09 Å². The maximum atomic E-state index is 13.8. The Labute approximate surface area is 230 Å². The van der Waals surface area contributed by atoms with Crippen molar-refractivity contribution >= 4 is 17.9 Å². The molecule has 9 nitrogen and oxygen atoms in total. The van der Waals surface area contributed by atoms with Crippen LogP contribution in [0.5, 0.6) is 5.75 Å². The minimum absolute atomic E-state index is 0.0929. The Morgan fingerprint density at radius 1 is 0.800 bits per heavy atom. The predicted octanol–water partition coefficient (Wildman–Crippen LogP) is 3.04. The number of nitrogens with two attached hydrogens (primary N) is 1. The van der Waals surface area contributed by atoms with Crippen molar-refractivity contribution in [2.45, 2.75) is 44.9 Å². The van der Waals surface area contributed by atoms with Gasteiger partial charge in [0.25, 0.3) is 0 Å². The van der Waals surface area contributed by atoms with E-state index in [1.807, 2.05) is 6.92 Å². The number of nitrogens with one attached hydrogen (secondary N) is 3. The van der Waals surface area contributed by atoms with Gasteiger partial charge in [0.05, 0.1) is 12.6 Å². The summed E-state index contributed by atoms with van der Waals surface area (Å²) in [7, 11) is 0. The van der Waals surface area contributed by atoms with Crippen LogP contribution in [0.1, 0.15) is 29.2 Å². The van der Waals surface area contributed by atoms with Gasteiger partial charge in [0.1, 0.15) is 11.8 Å². The summed E-state index contributed by atoms with van der Waals surface area (Å²) >= 11 is 0. The summed E-state index contributed by atoms with van der Waals surface area (Å²) in [5.74, 6) is -2.50. The third-order valence-electron chi connectivity index (χ3n) is 6.02. The van der Waals surface area contributed by atoms with Gasteiger partial charge in [-0.15, -0.1) is 0 Å². The monoisotopic (exact) mass is 554 g/mol. The smallest absolute Gasteiger partial charge is 0.404 e. The number of halogens is 2. The van der Waals surface area contributed by atoms with Crippen molar-refractivity contribution in [3.8, 4) is 5.75 Å². The molecule has 0 fully saturated rings. The Kier molecular flexibility index (Phi) is 11.0. The van der Waals surface area contributed by atoms with Gasteiger partial charge in [-0.2, -0.15) is 0 Å². The SMILES string of the molecule is CCOc1ccc(C[C@@H](N)C(=O)N[C@@H](Cc2ccc(F)c(F)c2)C(=O)NCc2ccc(CNC(=O)O)cc2)cc1. The number of carbonyl (C=O) groups excluding carboxylic acids is 2. The first-order chi connectivity index (χ1) is 19.1. The second-order valence-corrected chi connectivity index (χ2v) is 9.09. The van der Waals surface area contributed by atoms with Gasteiger partial charge in [0, 0.05) is 19.5 Å².